The first-order chi connectivity index (χ1) is 13.3. The number of carbonyl (C=O) groups is 2. The normalized spacial score (nSPS) is 10.8. The van der Waals surface area contributed by atoms with Gasteiger partial charge in [-0.3, -0.25) is 25.3 Å². The fraction of sp³-hybridized carbons (Fsp3) is 0.333. The zero-order chi connectivity index (χ0) is 20.7. The van der Waals surface area contributed by atoms with E-state index in [2.05, 4.69) is 10.9 Å². The molecule has 2 N–H and O–H groups in total. The molecule has 0 aliphatic rings. The smallest absolute Gasteiger partial charge is 0.269 e. The van der Waals surface area contributed by atoms with Gasteiger partial charge in [-0.2, -0.15) is 0 Å². The van der Waals surface area contributed by atoms with E-state index in [0.717, 1.165) is 16.9 Å². The quantitative estimate of drug-likeness (QED) is 0.695. The molecule has 0 atom stereocenters. The summed E-state index contributed by atoms with van der Waals surface area (Å²) in [6.07, 6.45) is 0. The van der Waals surface area contributed by atoms with Crippen molar-refractivity contribution in [2.75, 3.05) is 13.6 Å². The summed E-state index contributed by atoms with van der Waals surface area (Å²) < 4.78 is 5.74. The van der Waals surface area contributed by atoms with Crippen LogP contribution in [0, 0.1) is 6.92 Å². The van der Waals surface area contributed by atoms with Crippen molar-refractivity contribution in [3.05, 3.63) is 64.2 Å². The maximum absolute atomic E-state index is 12.1. The number of carbonyl (C=O) groups excluding carboxylic acids is 2. The fourth-order valence-corrected chi connectivity index (χ4v) is 2.39. The van der Waals surface area contributed by atoms with Crippen LogP contribution in [0.3, 0.4) is 0 Å². The maximum atomic E-state index is 12.1. The monoisotopic (exact) mass is 403 g/mol. The van der Waals surface area contributed by atoms with Gasteiger partial charge in [0, 0.05) is 16.6 Å². The van der Waals surface area contributed by atoms with Gasteiger partial charge in [-0.1, -0.05) is 23.7 Å². The summed E-state index contributed by atoms with van der Waals surface area (Å²) in [5.41, 5.74) is 7.17. The number of hydrazine groups is 1. The first-order valence-corrected chi connectivity index (χ1v) is 9.41. The number of likely N-dealkylation sites (N-methyl/N-ethyl adjacent to an activating group) is 1. The third-order valence-electron chi connectivity index (χ3n) is 4.34. The van der Waals surface area contributed by atoms with E-state index in [1.54, 1.807) is 18.2 Å². The van der Waals surface area contributed by atoms with Crippen LogP contribution < -0.4 is 15.6 Å². The van der Waals surface area contributed by atoms with Crippen molar-refractivity contribution in [2.45, 2.75) is 33.4 Å². The molecule has 0 fully saturated rings. The molecule has 7 heteroatoms. The van der Waals surface area contributed by atoms with E-state index in [-0.39, 0.29) is 24.4 Å². The van der Waals surface area contributed by atoms with Crippen LogP contribution in [0.5, 0.6) is 5.75 Å². The van der Waals surface area contributed by atoms with Crippen molar-refractivity contribution in [1.29, 1.82) is 0 Å². The molecule has 0 aliphatic heterocycles. The number of ether oxygens (including phenoxy) is 1. The highest BCUT2D eigenvalue weighted by atomic mass is 35.5. The molecule has 6 nitrogen and oxygen atoms in total. The van der Waals surface area contributed by atoms with Crippen molar-refractivity contribution in [3.63, 3.8) is 0 Å². The first kappa shape index (κ1) is 21.7. The molecule has 0 heterocycles. The minimum Gasteiger partial charge on any atom is -0.489 e. The van der Waals surface area contributed by atoms with Gasteiger partial charge in [0.2, 0.25) is 0 Å². The molecule has 2 rings (SSSR count). The van der Waals surface area contributed by atoms with Crippen LogP contribution in [0.2, 0.25) is 5.02 Å². The topological polar surface area (TPSA) is 70.7 Å². The third-order valence-corrected chi connectivity index (χ3v) is 4.77. The summed E-state index contributed by atoms with van der Waals surface area (Å²) in [5, 5.41) is 0.700. The largest absolute Gasteiger partial charge is 0.489 e. The number of nitrogens with one attached hydrogen (secondary N) is 2. The molecule has 150 valence electrons. The van der Waals surface area contributed by atoms with Crippen molar-refractivity contribution >= 4 is 23.4 Å². The van der Waals surface area contributed by atoms with Crippen LogP contribution in [0.4, 0.5) is 0 Å². The Balaban J connectivity index is 1.83. The number of hydrogen-bond acceptors (Lipinski definition) is 4. The second-order valence-corrected chi connectivity index (χ2v) is 7.31. The van der Waals surface area contributed by atoms with E-state index in [0.29, 0.717) is 17.2 Å². The molecule has 0 saturated heterocycles. The molecular formula is C21H26ClN3O3. The van der Waals surface area contributed by atoms with Gasteiger partial charge in [-0.05, 0) is 69.3 Å². The van der Waals surface area contributed by atoms with Gasteiger partial charge >= 0.3 is 0 Å². The Morgan fingerprint density at radius 3 is 2.39 bits per heavy atom. The number of rotatable bonds is 7. The second-order valence-electron chi connectivity index (χ2n) is 6.91. The molecule has 0 radical (unpaired) electrons. The summed E-state index contributed by atoms with van der Waals surface area (Å²) in [4.78, 5) is 25.8. The average Bonchev–Trinajstić information content (AvgIpc) is 2.67. The maximum Gasteiger partial charge on any atom is 0.269 e. The second kappa shape index (κ2) is 10.1. The Bertz CT molecular complexity index is 822. The van der Waals surface area contributed by atoms with Crippen molar-refractivity contribution in [3.8, 4) is 5.75 Å². The first-order valence-electron chi connectivity index (χ1n) is 9.03. The molecule has 2 aromatic carbocycles. The lowest BCUT2D eigenvalue weighted by Gasteiger charge is -2.20. The molecule has 28 heavy (non-hydrogen) atoms. The van der Waals surface area contributed by atoms with E-state index in [1.165, 1.54) is 0 Å². The van der Waals surface area contributed by atoms with Crippen LogP contribution in [-0.4, -0.2) is 36.3 Å². The zero-order valence-corrected chi connectivity index (χ0v) is 17.3. The van der Waals surface area contributed by atoms with Gasteiger partial charge in [0.1, 0.15) is 12.4 Å². The van der Waals surface area contributed by atoms with Crippen molar-refractivity contribution < 1.29 is 14.3 Å². The van der Waals surface area contributed by atoms with E-state index < -0.39 is 0 Å². The lowest BCUT2D eigenvalue weighted by Crippen LogP contribution is -2.46. The Kier molecular flexibility index (Phi) is 7.84. The van der Waals surface area contributed by atoms with Gasteiger partial charge < -0.3 is 4.74 Å². The lowest BCUT2D eigenvalue weighted by atomic mass is 10.1. The molecule has 0 aliphatic carbocycles. The van der Waals surface area contributed by atoms with Gasteiger partial charge in [0.15, 0.2) is 0 Å². The Morgan fingerprint density at radius 2 is 1.79 bits per heavy atom. The van der Waals surface area contributed by atoms with Gasteiger partial charge in [-0.25, -0.2) is 0 Å². The van der Waals surface area contributed by atoms with Crippen molar-refractivity contribution in [2.24, 2.45) is 0 Å². The third kappa shape index (κ3) is 6.55. The van der Waals surface area contributed by atoms with Crippen molar-refractivity contribution in [1.82, 2.24) is 15.8 Å². The molecule has 0 spiro atoms. The number of benzene rings is 2. The SMILES string of the molecule is Cc1cc(OCc2ccc(C(=O)NNC(=O)CN(C)C(C)C)cc2)ccc1Cl. The van der Waals surface area contributed by atoms with E-state index >= 15 is 0 Å². The minimum atomic E-state index is -0.374. The highest BCUT2D eigenvalue weighted by Gasteiger charge is 2.11. The zero-order valence-electron chi connectivity index (χ0n) is 16.6. The molecule has 0 bridgehead atoms. The highest BCUT2D eigenvalue weighted by Crippen LogP contribution is 2.21. The Hall–Kier alpha value is -2.57. The van der Waals surface area contributed by atoms with Gasteiger partial charge in [-0.15, -0.1) is 0 Å². The standard InChI is InChI=1S/C21H26ClN3O3/c1-14(2)25(4)12-20(26)23-24-21(27)17-7-5-16(6-8-17)13-28-18-9-10-19(22)15(3)11-18/h5-11,14H,12-13H2,1-4H3,(H,23,26)(H,24,27). The Morgan fingerprint density at radius 1 is 1.11 bits per heavy atom. The van der Waals surface area contributed by atoms with Crippen LogP contribution in [-0.2, 0) is 11.4 Å². The summed E-state index contributed by atoms with van der Waals surface area (Å²) in [6.45, 7) is 6.48. The summed E-state index contributed by atoms with van der Waals surface area (Å²) in [6, 6.07) is 12.7. The van der Waals surface area contributed by atoms with Crippen LogP contribution in [0.1, 0.15) is 35.3 Å². The number of amides is 2. The van der Waals surface area contributed by atoms with E-state index in [9.17, 15) is 9.59 Å². The number of hydrogen-bond donors (Lipinski definition) is 2. The van der Waals surface area contributed by atoms with Gasteiger partial charge in [0.25, 0.3) is 11.8 Å². The number of nitrogens with zero attached hydrogens (tertiary/aromatic N) is 1. The van der Waals surface area contributed by atoms with E-state index in [4.69, 9.17) is 16.3 Å². The fourth-order valence-electron chi connectivity index (χ4n) is 2.27. The molecule has 0 saturated carbocycles. The predicted molar refractivity (Wildman–Crippen MR) is 110 cm³/mol. The van der Waals surface area contributed by atoms with Gasteiger partial charge in [0.05, 0.1) is 6.54 Å². The molecule has 0 unspecified atom stereocenters. The number of aryl methyl sites for hydroxylation is 1. The molecular weight excluding hydrogens is 378 g/mol. The highest BCUT2D eigenvalue weighted by molar-refractivity contribution is 6.31. The van der Waals surface area contributed by atoms with Crippen LogP contribution in [0.15, 0.2) is 42.5 Å². The molecule has 2 amide bonds. The summed E-state index contributed by atoms with van der Waals surface area (Å²) in [7, 11) is 1.85. The summed E-state index contributed by atoms with van der Waals surface area (Å²) >= 11 is 6.01. The number of halogens is 1. The van der Waals surface area contributed by atoms with Crippen LogP contribution >= 0.6 is 11.6 Å². The average molecular weight is 404 g/mol. The predicted octanol–water partition coefficient (Wildman–Crippen LogP) is 3.33. The molecule has 2 aromatic rings. The Labute approximate surface area is 170 Å². The summed E-state index contributed by atoms with van der Waals surface area (Å²) in [5.74, 6) is 0.0898. The lowest BCUT2D eigenvalue weighted by molar-refractivity contribution is -0.123. The minimum absolute atomic E-state index is 0.207. The molecule has 0 aromatic heterocycles. The van der Waals surface area contributed by atoms with E-state index in [1.807, 2.05) is 57.0 Å². The van der Waals surface area contributed by atoms with Crippen LogP contribution in [0.25, 0.3) is 0 Å².